The molecule has 0 atom stereocenters. The van der Waals surface area contributed by atoms with Gasteiger partial charge in [-0.25, -0.2) is 0 Å². The second-order valence-corrected chi connectivity index (χ2v) is 2.09. The zero-order valence-corrected chi connectivity index (χ0v) is 6.12. The number of nitrogens with zero attached hydrogens (tertiary/aromatic N) is 1. The molecule has 0 radical (unpaired) electrons. The van der Waals surface area contributed by atoms with E-state index in [2.05, 4.69) is 11.0 Å². The Labute approximate surface area is 62.0 Å². The summed E-state index contributed by atoms with van der Waals surface area (Å²) in [5.41, 5.74) is 1.13. The Morgan fingerprint density at radius 3 is 3.20 bits per heavy atom. The van der Waals surface area contributed by atoms with Crippen molar-refractivity contribution in [2.45, 2.75) is 13.3 Å². The van der Waals surface area contributed by atoms with Crippen molar-refractivity contribution in [1.82, 2.24) is 4.89 Å². The van der Waals surface area contributed by atoms with Gasteiger partial charge in [0, 0.05) is 0 Å². The van der Waals surface area contributed by atoms with E-state index in [-0.39, 0.29) is 0 Å². The van der Waals surface area contributed by atoms with Crippen LogP contribution in [0.3, 0.4) is 0 Å². The van der Waals surface area contributed by atoms with Gasteiger partial charge in [-0.05, 0) is 0 Å². The molecule has 0 fully saturated rings. The summed E-state index contributed by atoms with van der Waals surface area (Å²) in [6.45, 7) is 2.02. The average Bonchev–Trinajstić information content (AvgIpc) is 2.03. The zero-order chi connectivity index (χ0) is 7.23. The fourth-order valence-corrected chi connectivity index (χ4v) is 0.757. The SMILES string of the molecule is CC=CCc1cccbn1. The minimum atomic E-state index is 0.942. The first-order chi connectivity index (χ1) is 4.93. The third kappa shape index (κ3) is 2.13. The van der Waals surface area contributed by atoms with Crippen molar-refractivity contribution >= 4 is 7.05 Å². The molecule has 1 nitrogen and oxygen atoms in total. The number of hydrogen-bond acceptors (Lipinski definition) is 1. The molecular weight excluding hydrogens is 121 g/mol. The minimum absolute atomic E-state index is 0.942. The molecule has 0 aliphatic rings. The number of allylic oxidation sites excluding steroid dienone is 2. The van der Waals surface area contributed by atoms with Crippen LogP contribution in [-0.2, 0) is 6.42 Å². The van der Waals surface area contributed by atoms with Crippen molar-refractivity contribution in [3.8, 4) is 0 Å². The van der Waals surface area contributed by atoms with E-state index >= 15 is 0 Å². The second-order valence-electron chi connectivity index (χ2n) is 2.09. The van der Waals surface area contributed by atoms with Crippen molar-refractivity contribution < 1.29 is 0 Å². The molecule has 2 heteroatoms. The third-order valence-corrected chi connectivity index (χ3v) is 1.29. The predicted molar refractivity (Wildman–Crippen MR) is 44.1 cm³/mol. The summed E-state index contributed by atoms with van der Waals surface area (Å²) in [6, 6.07) is 4.03. The Hall–Kier alpha value is -0.915. The molecule has 1 heterocycles. The molecule has 1 aromatic rings. The van der Waals surface area contributed by atoms with E-state index in [1.54, 1.807) is 0 Å². The maximum atomic E-state index is 4.16. The van der Waals surface area contributed by atoms with E-state index in [1.165, 1.54) is 0 Å². The first-order valence-corrected chi connectivity index (χ1v) is 3.44. The first kappa shape index (κ1) is 7.20. The van der Waals surface area contributed by atoms with Gasteiger partial charge in [0.2, 0.25) is 0 Å². The third-order valence-electron chi connectivity index (χ3n) is 1.29. The maximum absolute atomic E-state index is 4.16. The van der Waals surface area contributed by atoms with Crippen LogP contribution in [0.2, 0.25) is 0 Å². The van der Waals surface area contributed by atoms with Crippen LogP contribution in [0.5, 0.6) is 0 Å². The summed E-state index contributed by atoms with van der Waals surface area (Å²) >= 11 is 0. The van der Waals surface area contributed by atoms with Gasteiger partial charge in [0.25, 0.3) is 0 Å². The van der Waals surface area contributed by atoms with Crippen LogP contribution in [0.4, 0.5) is 0 Å². The van der Waals surface area contributed by atoms with E-state index in [4.69, 9.17) is 0 Å². The molecule has 0 N–H and O–H groups in total. The fraction of sp³-hybridized carbons (Fsp3) is 0.250. The zero-order valence-electron chi connectivity index (χ0n) is 6.12. The van der Waals surface area contributed by atoms with Crippen LogP contribution in [0.15, 0.2) is 30.2 Å². The van der Waals surface area contributed by atoms with Crippen molar-refractivity contribution in [3.63, 3.8) is 0 Å². The van der Waals surface area contributed by atoms with E-state index in [9.17, 15) is 0 Å². The van der Waals surface area contributed by atoms with Gasteiger partial charge < -0.3 is 0 Å². The van der Waals surface area contributed by atoms with Gasteiger partial charge in [0.05, 0.1) is 0 Å². The molecular formula is C8H10BN. The Balaban J connectivity index is 2.59. The van der Waals surface area contributed by atoms with Crippen LogP contribution >= 0.6 is 0 Å². The number of rotatable bonds is 2. The Bertz CT molecular complexity index is 206. The van der Waals surface area contributed by atoms with E-state index in [0.29, 0.717) is 0 Å². The van der Waals surface area contributed by atoms with Crippen LogP contribution < -0.4 is 0 Å². The van der Waals surface area contributed by atoms with Crippen LogP contribution in [0, 0.1) is 0 Å². The summed E-state index contributed by atoms with van der Waals surface area (Å²) in [5.74, 6) is 1.93. The van der Waals surface area contributed by atoms with Crippen molar-refractivity contribution in [3.05, 3.63) is 35.9 Å². The molecule has 50 valence electrons. The van der Waals surface area contributed by atoms with Gasteiger partial charge in [-0.2, -0.15) is 0 Å². The van der Waals surface area contributed by atoms with Crippen LogP contribution in [-0.4, -0.2) is 11.9 Å². The summed E-state index contributed by atoms with van der Waals surface area (Å²) in [7, 11) is 1.82. The molecule has 0 saturated carbocycles. The van der Waals surface area contributed by atoms with Crippen molar-refractivity contribution in [2.75, 3.05) is 0 Å². The van der Waals surface area contributed by atoms with E-state index < -0.39 is 0 Å². The Morgan fingerprint density at radius 1 is 1.70 bits per heavy atom. The molecule has 1 rings (SSSR count). The quantitative estimate of drug-likeness (QED) is 0.554. The fourth-order valence-electron chi connectivity index (χ4n) is 0.757. The van der Waals surface area contributed by atoms with Crippen LogP contribution in [0.25, 0.3) is 0 Å². The monoisotopic (exact) mass is 131 g/mol. The standard InChI is InChI=1S/C8H10BN/c1-2-3-5-8-6-4-7-9-10-8/h2-4,6-7H,5H2,1H3. The summed E-state index contributed by atoms with van der Waals surface area (Å²) in [4.78, 5) is 4.16. The second kappa shape index (κ2) is 3.99. The van der Waals surface area contributed by atoms with Gasteiger partial charge in [0.1, 0.15) is 0 Å². The van der Waals surface area contributed by atoms with Crippen molar-refractivity contribution in [2.24, 2.45) is 0 Å². The molecule has 0 unspecified atom stereocenters. The van der Waals surface area contributed by atoms with Crippen molar-refractivity contribution in [1.29, 1.82) is 0 Å². The van der Waals surface area contributed by atoms with Gasteiger partial charge in [-0.3, -0.25) is 0 Å². The van der Waals surface area contributed by atoms with E-state index in [0.717, 1.165) is 12.1 Å². The Kier molecular flexibility index (Phi) is 2.87. The van der Waals surface area contributed by atoms with Gasteiger partial charge in [-0.1, -0.05) is 0 Å². The van der Waals surface area contributed by atoms with Gasteiger partial charge in [-0.15, -0.1) is 0 Å². The van der Waals surface area contributed by atoms with Gasteiger partial charge in [0.15, 0.2) is 0 Å². The van der Waals surface area contributed by atoms with E-state index in [1.807, 2.05) is 38.1 Å². The molecule has 0 aliphatic carbocycles. The predicted octanol–water partition coefficient (Wildman–Crippen LogP) is 1.54. The molecule has 10 heavy (non-hydrogen) atoms. The number of hydrogen-bond donors (Lipinski definition) is 0. The molecule has 0 bridgehead atoms. The molecule has 0 aliphatic heterocycles. The molecule has 0 spiro atoms. The van der Waals surface area contributed by atoms with Gasteiger partial charge >= 0.3 is 61.2 Å². The summed E-state index contributed by atoms with van der Waals surface area (Å²) in [5, 5.41) is 0. The molecule has 0 amide bonds. The molecule has 0 aromatic carbocycles. The number of aromatic nitrogens is 1. The topological polar surface area (TPSA) is 12.9 Å². The summed E-state index contributed by atoms with van der Waals surface area (Å²) in [6.07, 6.45) is 5.08. The average molecular weight is 131 g/mol. The molecule has 1 aromatic heterocycles. The Morgan fingerprint density at radius 2 is 2.60 bits per heavy atom. The molecule has 0 saturated heterocycles. The van der Waals surface area contributed by atoms with Crippen LogP contribution in [0.1, 0.15) is 12.6 Å². The summed E-state index contributed by atoms with van der Waals surface area (Å²) < 4.78 is 0. The first-order valence-electron chi connectivity index (χ1n) is 3.44. The normalized spacial score (nSPS) is 10.1.